The fourth-order valence-electron chi connectivity index (χ4n) is 4.55. The Hall–Kier alpha value is -4.40. The lowest BCUT2D eigenvalue weighted by Crippen LogP contribution is -2.41. The SMILES string of the molecule is O=C(c1nnc(-c2cnn(S(=O)(=O)C3CC3)c2)o1)N1CCc2[nH]cnc2C1c1cc2c(F)cccn2n1. The number of aromatic amines is 1. The number of pyridine rings is 1. The van der Waals surface area contributed by atoms with Gasteiger partial charge in [0.15, 0.2) is 0 Å². The molecule has 13 nitrogen and oxygen atoms in total. The molecule has 1 amide bonds. The van der Waals surface area contributed by atoms with Crippen LogP contribution in [0.25, 0.3) is 17.0 Å². The van der Waals surface area contributed by atoms with Gasteiger partial charge in [-0.15, -0.1) is 10.2 Å². The number of fused-ring (bicyclic) bond motifs is 2. The molecule has 188 valence electrons. The molecule has 1 saturated carbocycles. The van der Waals surface area contributed by atoms with Crippen LogP contribution in [0.5, 0.6) is 0 Å². The lowest BCUT2D eigenvalue weighted by molar-refractivity contribution is 0.0646. The number of aromatic nitrogens is 8. The number of amides is 1. The Morgan fingerprint density at radius 3 is 2.92 bits per heavy atom. The predicted molar refractivity (Wildman–Crippen MR) is 123 cm³/mol. The lowest BCUT2D eigenvalue weighted by Gasteiger charge is -2.32. The van der Waals surface area contributed by atoms with Crippen molar-refractivity contribution >= 4 is 21.4 Å². The summed E-state index contributed by atoms with van der Waals surface area (Å²) in [6.07, 6.45) is 7.46. The number of carbonyl (C=O) groups excluding carboxylic acids is 1. The molecule has 5 aromatic rings. The van der Waals surface area contributed by atoms with Gasteiger partial charge in [-0.05, 0) is 31.0 Å². The normalized spacial score (nSPS) is 17.9. The van der Waals surface area contributed by atoms with Gasteiger partial charge in [-0.1, -0.05) is 0 Å². The van der Waals surface area contributed by atoms with Crippen LogP contribution in [0.15, 0.2) is 47.5 Å². The summed E-state index contributed by atoms with van der Waals surface area (Å²) in [5.74, 6) is -1.33. The number of carbonyl (C=O) groups is 1. The van der Waals surface area contributed by atoms with Gasteiger partial charge < -0.3 is 14.3 Å². The van der Waals surface area contributed by atoms with Crippen LogP contribution in [0.2, 0.25) is 0 Å². The van der Waals surface area contributed by atoms with Crippen molar-refractivity contribution in [3.05, 3.63) is 71.9 Å². The molecule has 5 aromatic heterocycles. The molecule has 0 spiro atoms. The molecule has 1 aliphatic heterocycles. The van der Waals surface area contributed by atoms with E-state index in [4.69, 9.17) is 4.42 Å². The van der Waals surface area contributed by atoms with Crippen molar-refractivity contribution in [3.63, 3.8) is 0 Å². The summed E-state index contributed by atoms with van der Waals surface area (Å²) in [5.41, 5.74) is 2.41. The fraction of sp³-hybridized carbons (Fsp3) is 0.273. The third-order valence-electron chi connectivity index (χ3n) is 6.56. The van der Waals surface area contributed by atoms with Crippen LogP contribution in [0, 0.1) is 5.82 Å². The Morgan fingerprint density at radius 2 is 2.11 bits per heavy atom. The van der Waals surface area contributed by atoms with Gasteiger partial charge in [-0.25, -0.2) is 22.3 Å². The molecule has 0 saturated heterocycles. The third kappa shape index (κ3) is 3.45. The first-order valence-corrected chi connectivity index (χ1v) is 13.0. The number of halogens is 1. The molecule has 1 fully saturated rings. The number of imidazole rings is 1. The summed E-state index contributed by atoms with van der Waals surface area (Å²) < 4.78 is 47.2. The third-order valence-corrected chi connectivity index (χ3v) is 8.59. The van der Waals surface area contributed by atoms with Crippen molar-refractivity contribution in [2.24, 2.45) is 0 Å². The van der Waals surface area contributed by atoms with Crippen molar-refractivity contribution in [1.82, 2.24) is 43.9 Å². The molecular formula is C22H18FN9O4S. The zero-order chi connectivity index (χ0) is 25.3. The quantitative estimate of drug-likeness (QED) is 0.361. The minimum atomic E-state index is -3.56. The summed E-state index contributed by atoms with van der Waals surface area (Å²) in [4.78, 5) is 22.6. The molecule has 37 heavy (non-hydrogen) atoms. The molecule has 1 aliphatic carbocycles. The highest BCUT2D eigenvalue weighted by Gasteiger charge is 2.39. The molecule has 6 heterocycles. The summed E-state index contributed by atoms with van der Waals surface area (Å²) in [6.45, 7) is 0.296. The van der Waals surface area contributed by atoms with Gasteiger partial charge >= 0.3 is 11.8 Å². The van der Waals surface area contributed by atoms with E-state index >= 15 is 0 Å². The fourth-order valence-corrected chi connectivity index (χ4v) is 6.03. The second-order valence-electron chi connectivity index (χ2n) is 8.93. The first-order valence-electron chi connectivity index (χ1n) is 11.5. The van der Waals surface area contributed by atoms with Crippen LogP contribution in [0.3, 0.4) is 0 Å². The number of nitrogens with zero attached hydrogens (tertiary/aromatic N) is 8. The average Bonchev–Trinajstić information content (AvgIpc) is 3.33. The van der Waals surface area contributed by atoms with Gasteiger partial charge in [-0.3, -0.25) is 4.79 Å². The minimum absolute atomic E-state index is 0.0376. The van der Waals surface area contributed by atoms with E-state index in [-0.39, 0.29) is 22.9 Å². The molecule has 7 rings (SSSR count). The molecule has 15 heteroatoms. The highest BCUT2D eigenvalue weighted by atomic mass is 32.2. The van der Waals surface area contributed by atoms with Crippen LogP contribution >= 0.6 is 0 Å². The largest absolute Gasteiger partial charge is 0.412 e. The molecule has 0 aromatic carbocycles. The zero-order valence-corrected chi connectivity index (χ0v) is 19.8. The Bertz CT molecular complexity index is 1780. The zero-order valence-electron chi connectivity index (χ0n) is 19.0. The van der Waals surface area contributed by atoms with Crippen molar-refractivity contribution in [2.45, 2.75) is 30.6 Å². The van der Waals surface area contributed by atoms with Gasteiger partial charge in [0, 0.05) is 24.9 Å². The van der Waals surface area contributed by atoms with Crippen LogP contribution in [0.4, 0.5) is 4.39 Å². The Morgan fingerprint density at radius 1 is 1.24 bits per heavy atom. The first kappa shape index (κ1) is 21.8. The van der Waals surface area contributed by atoms with E-state index in [1.165, 1.54) is 27.9 Å². The second-order valence-corrected chi connectivity index (χ2v) is 11.0. The van der Waals surface area contributed by atoms with Gasteiger partial charge in [0.25, 0.3) is 15.9 Å². The maximum Gasteiger partial charge on any atom is 0.312 e. The molecule has 1 N–H and O–H groups in total. The molecule has 0 bridgehead atoms. The highest BCUT2D eigenvalue weighted by Crippen LogP contribution is 2.35. The first-order chi connectivity index (χ1) is 17.9. The van der Waals surface area contributed by atoms with Crippen LogP contribution in [-0.4, -0.2) is 70.0 Å². The Kier molecular flexibility index (Phi) is 4.60. The van der Waals surface area contributed by atoms with Gasteiger partial charge in [0.2, 0.25) is 0 Å². The maximum atomic E-state index is 14.4. The average molecular weight is 524 g/mol. The minimum Gasteiger partial charge on any atom is -0.412 e. The van der Waals surface area contributed by atoms with E-state index < -0.39 is 33.0 Å². The topological polar surface area (TPSA) is 157 Å². The van der Waals surface area contributed by atoms with Crippen LogP contribution in [-0.2, 0) is 16.4 Å². The number of H-pyrrole nitrogens is 1. The number of hydrogen-bond donors (Lipinski definition) is 1. The van der Waals surface area contributed by atoms with Crippen LogP contribution in [0.1, 0.15) is 46.7 Å². The Balaban J connectivity index is 1.23. The smallest absolute Gasteiger partial charge is 0.312 e. The highest BCUT2D eigenvalue weighted by molar-refractivity contribution is 7.90. The van der Waals surface area contributed by atoms with Crippen LogP contribution < -0.4 is 0 Å². The van der Waals surface area contributed by atoms with E-state index in [0.717, 1.165) is 9.78 Å². The summed E-state index contributed by atoms with van der Waals surface area (Å²) >= 11 is 0. The van der Waals surface area contributed by atoms with Crippen molar-refractivity contribution < 1.29 is 22.0 Å². The van der Waals surface area contributed by atoms with Crippen molar-refractivity contribution in [1.29, 1.82) is 0 Å². The summed E-state index contributed by atoms with van der Waals surface area (Å²) in [6, 6.07) is 3.74. The van der Waals surface area contributed by atoms with Gasteiger partial charge in [0.05, 0.1) is 40.9 Å². The van der Waals surface area contributed by atoms with E-state index in [9.17, 15) is 17.6 Å². The molecule has 0 radical (unpaired) electrons. The van der Waals surface area contributed by atoms with E-state index in [1.54, 1.807) is 24.7 Å². The Labute approximate surface area is 208 Å². The molecule has 1 atom stereocenters. The molecule has 1 unspecified atom stereocenters. The molecular weight excluding hydrogens is 505 g/mol. The van der Waals surface area contributed by atoms with E-state index in [2.05, 4.69) is 30.4 Å². The predicted octanol–water partition coefficient (Wildman–Crippen LogP) is 1.57. The van der Waals surface area contributed by atoms with Crippen molar-refractivity contribution in [2.75, 3.05) is 6.54 Å². The van der Waals surface area contributed by atoms with Gasteiger partial charge in [0.1, 0.15) is 17.4 Å². The molecule has 2 aliphatic rings. The summed E-state index contributed by atoms with van der Waals surface area (Å²) in [5, 5.41) is 15.8. The van der Waals surface area contributed by atoms with E-state index in [0.29, 0.717) is 37.2 Å². The standard InChI is InChI=1S/C22H18FN9O4S/c23-14-2-1-6-31-17(14)8-16(29-31)19-18-15(24-11-25-18)5-7-30(19)22(33)21-28-27-20(36-21)12-9-26-32(10-12)37(34,35)13-3-4-13/h1-2,6,8-11,13,19H,3-5,7H2,(H,24,25). The number of hydrogen-bond acceptors (Lipinski definition) is 9. The lowest BCUT2D eigenvalue weighted by atomic mass is 9.99. The number of nitrogens with one attached hydrogen (secondary N) is 1. The maximum absolute atomic E-state index is 14.4. The monoisotopic (exact) mass is 523 g/mol. The van der Waals surface area contributed by atoms with Crippen molar-refractivity contribution in [3.8, 4) is 11.5 Å². The summed E-state index contributed by atoms with van der Waals surface area (Å²) in [7, 11) is -3.56. The second kappa shape index (κ2) is 7.80. The number of rotatable bonds is 5. The van der Waals surface area contributed by atoms with E-state index in [1.807, 2.05) is 0 Å². The van der Waals surface area contributed by atoms with Gasteiger partial charge in [-0.2, -0.15) is 14.3 Å².